The molecule has 0 saturated carbocycles. The minimum absolute atomic E-state index is 0.137. The van der Waals surface area contributed by atoms with Crippen LogP contribution in [0.25, 0.3) is 0 Å². The van der Waals surface area contributed by atoms with Crippen LogP contribution in [0.3, 0.4) is 0 Å². The Balaban J connectivity index is 1.92. The largest absolute Gasteiger partial charge is 0.481 e. The summed E-state index contributed by atoms with van der Waals surface area (Å²) >= 11 is 0. The third-order valence-corrected chi connectivity index (χ3v) is 3.22. The van der Waals surface area contributed by atoms with Crippen molar-refractivity contribution in [2.45, 2.75) is 38.8 Å². The molecule has 0 aromatic heterocycles. The summed E-state index contributed by atoms with van der Waals surface area (Å²) in [6.45, 7) is 4.32. The highest BCUT2D eigenvalue weighted by Crippen LogP contribution is 2.34. The second kappa shape index (κ2) is 5.93. The first-order valence-electron chi connectivity index (χ1n) is 6.43. The summed E-state index contributed by atoms with van der Waals surface area (Å²) in [5.74, 6) is 0.781. The maximum atomic E-state index is 10.5. The van der Waals surface area contributed by atoms with Crippen molar-refractivity contribution in [2.75, 3.05) is 6.79 Å². The van der Waals surface area contributed by atoms with Gasteiger partial charge in [-0.1, -0.05) is 6.07 Å². The molecule has 5 nitrogen and oxygen atoms in total. The molecule has 1 aromatic rings. The van der Waals surface area contributed by atoms with Crippen molar-refractivity contribution in [1.29, 1.82) is 0 Å². The first-order valence-corrected chi connectivity index (χ1v) is 6.43. The van der Waals surface area contributed by atoms with E-state index in [-0.39, 0.29) is 25.3 Å². The Morgan fingerprint density at radius 2 is 2.11 bits per heavy atom. The Morgan fingerprint density at radius 3 is 2.84 bits per heavy atom. The van der Waals surface area contributed by atoms with E-state index in [1.165, 1.54) is 0 Å². The second-order valence-electron chi connectivity index (χ2n) is 4.83. The number of carboxylic acid groups (broad SMARTS) is 1. The molecule has 0 radical (unpaired) electrons. The van der Waals surface area contributed by atoms with Gasteiger partial charge >= 0.3 is 5.97 Å². The second-order valence-corrected chi connectivity index (χ2v) is 4.83. The van der Waals surface area contributed by atoms with Crippen LogP contribution in [0.15, 0.2) is 18.2 Å². The fraction of sp³-hybridized carbons (Fsp3) is 0.500. The molecule has 1 aliphatic heterocycles. The van der Waals surface area contributed by atoms with Gasteiger partial charge in [0.25, 0.3) is 0 Å². The fourth-order valence-corrected chi connectivity index (χ4v) is 2.13. The van der Waals surface area contributed by atoms with Gasteiger partial charge in [0.1, 0.15) is 0 Å². The summed E-state index contributed by atoms with van der Waals surface area (Å²) in [4.78, 5) is 10.5. The van der Waals surface area contributed by atoms with E-state index in [1.807, 2.05) is 25.1 Å². The highest BCUT2D eigenvalue weighted by molar-refractivity contribution is 5.66. The van der Waals surface area contributed by atoms with Crippen molar-refractivity contribution in [3.8, 4) is 11.5 Å². The third-order valence-electron chi connectivity index (χ3n) is 3.22. The van der Waals surface area contributed by atoms with Gasteiger partial charge in [0.2, 0.25) is 6.79 Å². The summed E-state index contributed by atoms with van der Waals surface area (Å²) in [6.07, 6.45) is 0.798. The number of fused-ring (bicyclic) bond motifs is 1. The van der Waals surface area contributed by atoms with E-state index in [9.17, 15) is 4.79 Å². The Kier molecular flexibility index (Phi) is 4.27. The molecule has 2 N–H and O–H groups in total. The van der Waals surface area contributed by atoms with Crippen LogP contribution in [-0.2, 0) is 4.79 Å². The van der Waals surface area contributed by atoms with Crippen LogP contribution in [0.4, 0.5) is 0 Å². The van der Waals surface area contributed by atoms with Gasteiger partial charge in [-0.2, -0.15) is 0 Å². The number of rotatable bonds is 6. The van der Waals surface area contributed by atoms with E-state index in [4.69, 9.17) is 14.6 Å². The lowest BCUT2D eigenvalue weighted by Crippen LogP contribution is -2.29. The fourth-order valence-electron chi connectivity index (χ4n) is 2.13. The van der Waals surface area contributed by atoms with Gasteiger partial charge in [0.15, 0.2) is 11.5 Å². The number of benzene rings is 1. The van der Waals surface area contributed by atoms with Crippen LogP contribution in [-0.4, -0.2) is 23.9 Å². The lowest BCUT2D eigenvalue weighted by atomic mass is 10.1. The molecule has 2 unspecified atom stereocenters. The molecule has 0 fully saturated rings. The first-order chi connectivity index (χ1) is 9.06. The van der Waals surface area contributed by atoms with Crippen LogP contribution in [0.1, 0.15) is 38.3 Å². The maximum Gasteiger partial charge on any atom is 0.303 e. The van der Waals surface area contributed by atoms with E-state index < -0.39 is 5.97 Å². The number of ether oxygens (including phenoxy) is 2. The Morgan fingerprint density at radius 1 is 1.37 bits per heavy atom. The molecule has 104 valence electrons. The minimum Gasteiger partial charge on any atom is -0.481 e. The molecule has 2 atom stereocenters. The number of aliphatic carboxylic acids is 1. The average molecular weight is 265 g/mol. The highest BCUT2D eigenvalue weighted by Gasteiger charge is 2.16. The molecule has 0 amide bonds. The molecular weight excluding hydrogens is 246 g/mol. The van der Waals surface area contributed by atoms with Crippen molar-refractivity contribution in [3.05, 3.63) is 23.8 Å². The summed E-state index contributed by atoms with van der Waals surface area (Å²) in [5, 5.41) is 12.0. The van der Waals surface area contributed by atoms with Gasteiger partial charge in [-0.25, -0.2) is 0 Å². The summed E-state index contributed by atoms with van der Waals surface area (Å²) in [5.41, 5.74) is 1.10. The zero-order valence-corrected chi connectivity index (χ0v) is 11.2. The van der Waals surface area contributed by atoms with Crippen molar-refractivity contribution in [1.82, 2.24) is 5.32 Å². The summed E-state index contributed by atoms with van der Waals surface area (Å²) < 4.78 is 10.6. The molecule has 2 rings (SSSR count). The number of hydrogen-bond acceptors (Lipinski definition) is 4. The van der Waals surface area contributed by atoms with Crippen LogP contribution in [0.5, 0.6) is 11.5 Å². The first kappa shape index (κ1) is 13.7. The molecule has 0 saturated heterocycles. The van der Waals surface area contributed by atoms with Gasteiger partial charge in [-0.05, 0) is 38.0 Å². The molecule has 0 spiro atoms. The lowest BCUT2D eigenvalue weighted by molar-refractivity contribution is -0.137. The number of carbonyl (C=O) groups is 1. The van der Waals surface area contributed by atoms with Crippen molar-refractivity contribution in [3.63, 3.8) is 0 Å². The lowest BCUT2D eigenvalue weighted by Gasteiger charge is -2.20. The predicted molar refractivity (Wildman–Crippen MR) is 70.4 cm³/mol. The minimum atomic E-state index is -0.760. The number of nitrogens with one attached hydrogen (secondary N) is 1. The highest BCUT2D eigenvalue weighted by atomic mass is 16.7. The topological polar surface area (TPSA) is 67.8 Å². The molecule has 1 aromatic carbocycles. The van der Waals surface area contributed by atoms with Gasteiger partial charge in [0, 0.05) is 18.5 Å². The monoisotopic (exact) mass is 265 g/mol. The predicted octanol–water partition coefficient (Wildman–Crippen LogP) is 2.32. The Bertz CT molecular complexity index is 461. The summed E-state index contributed by atoms with van der Waals surface area (Å²) in [6, 6.07) is 6.14. The van der Waals surface area contributed by atoms with Gasteiger partial charge in [-0.15, -0.1) is 0 Å². The van der Waals surface area contributed by atoms with E-state index in [1.54, 1.807) is 0 Å². The molecule has 1 aliphatic rings. The molecular formula is C14H19NO4. The Hall–Kier alpha value is -1.75. The van der Waals surface area contributed by atoms with Gasteiger partial charge in [-0.3, -0.25) is 4.79 Å². The quantitative estimate of drug-likeness (QED) is 0.826. The molecule has 0 aliphatic carbocycles. The SMILES string of the molecule is CC(CCC(=O)O)NC(C)c1ccc2c(c1)OCO2. The van der Waals surface area contributed by atoms with Gasteiger partial charge < -0.3 is 19.9 Å². The van der Waals surface area contributed by atoms with Crippen LogP contribution < -0.4 is 14.8 Å². The zero-order chi connectivity index (χ0) is 13.8. The molecule has 0 bridgehead atoms. The van der Waals surface area contributed by atoms with Crippen molar-refractivity contribution >= 4 is 5.97 Å². The smallest absolute Gasteiger partial charge is 0.303 e. The molecule has 19 heavy (non-hydrogen) atoms. The van der Waals surface area contributed by atoms with Crippen molar-refractivity contribution < 1.29 is 19.4 Å². The summed E-state index contributed by atoms with van der Waals surface area (Å²) in [7, 11) is 0. The molecule has 5 heteroatoms. The average Bonchev–Trinajstić information content (AvgIpc) is 2.83. The maximum absolute atomic E-state index is 10.5. The number of carboxylic acids is 1. The Labute approximate surface area is 112 Å². The third kappa shape index (κ3) is 3.61. The van der Waals surface area contributed by atoms with E-state index in [2.05, 4.69) is 12.2 Å². The normalized spacial score (nSPS) is 16.1. The molecule has 1 heterocycles. The standard InChI is InChI=1S/C14H19NO4/c1-9(3-6-14(16)17)15-10(2)11-4-5-12-13(7-11)19-8-18-12/h4-5,7,9-10,15H,3,6,8H2,1-2H3,(H,16,17). The number of hydrogen-bond donors (Lipinski definition) is 2. The van der Waals surface area contributed by atoms with Crippen LogP contribution in [0.2, 0.25) is 0 Å². The van der Waals surface area contributed by atoms with Gasteiger partial charge in [0.05, 0.1) is 0 Å². The van der Waals surface area contributed by atoms with Crippen molar-refractivity contribution in [2.24, 2.45) is 0 Å². The van der Waals surface area contributed by atoms with E-state index in [0.29, 0.717) is 6.42 Å². The van der Waals surface area contributed by atoms with E-state index in [0.717, 1.165) is 17.1 Å². The van der Waals surface area contributed by atoms with E-state index >= 15 is 0 Å². The van der Waals surface area contributed by atoms with Crippen LogP contribution >= 0.6 is 0 Å². The van der Waals surface area contributed by atoms with Crippen LogP contribution in [0, 0.1) is 0 Å². The zero-order valence-electron chi connectivity index (χ0n) is 11.2.